The van der Waals surface area contributed by atoms with E-state index in [-0.39, 0.29) is 40.8 Å². The van der Waals surface area contributed by atoms with Crippen LogP contribution in [0.4, 0.5) is 11.7 Å². The molecule has 1 N–H and O–H groups in total. The molecule has 0 radical (unpaired) electrons. The number of aromatic nitrogens is 2. The zero-order chi connectivity index (χ0) is 20.6. The number of hydrogen-bond acceptors (Lipinski definition) is 8. The van der Waals surface area contributed by atoms with Crippen molar-refractivity contribution in [3.63, 3.8) is 0 Å². The number of benzene rings is 1. The fourth-order valence-corrected chi connectivity index (χ4v) is 3.64. The molecule has 0 aliphatic carbocycles. The van der Waals surface area contributed by atoms with Crippen molar-refractivity contribution < 1.29 is 26.8 Å². The van der Waals surface area contributed by atoms with Gasteiger partial charge >= 0.3 is 6.01 Å². The van der Waals surface area contributed by atoms with Gasteiger partial charge < -0.3 is 13.7 Å². The van der Waals surface area contributed by atoms with Gasteiger partial charge in [0.1, 0.15) is 0 Å². The molecule has 10 nitrogen and oxygen atoms in total. The molecule has 150 valence electrons. The first kappa shape index (κ1) is 18.9. The second-order valence-corrected chi connectivity index (χ2v) is 8.56. The first-order valence-corrected chi connectivity index (χ1v) is 10.5. The molecule has 1 saturated heterocycles. The third kappa shape index (κ3) is 3.90. The number of carbonyl (C=O) groups excluding carboxylic acids is 2. The van der Waals surface area contributed by atoms with E-state index in [0.717, 1.165) is 6.26 Å². The van der Waals surface area contributed by atoms with E-state index in [4.69, 9.17) is 8.83 Å². The Bertz CT molecular complexity index is 1150. The monoisotopic (exact) mass is 416 g/mol. The van der Waals surface area contributed by atoms with Gasteiger partial charge in [-0.05, 0) is 36.4 Å². The highest BCUT2D eigenvalue weighted by Gasteiger charge is 2.35. The molecule has 2 amide bonds. The van der Waals surface area contributed by atoms with Crippen molar-refractivity contribution in [1.82, 2.24) is 10.2 Å². The van der Waals surface area contributed by atoms with Gasteiger partial charge in [-0.1, -0.05) is 5.10 Å². The van der Waals surface area contributed by atoms with E-state index in [0.29, 0.717) is 12.2 Å². The molecule has 3 aromatic rings. The Balaban J connectivity index is 1.45. The Kier molecular flexibility index (Phi) is 4.66. The van der Waals surface area contributed by atoms with E-state index in [1.54, 1.807) is 18.2 Å². The summed E-state index contributed by atoms with van der Waals surface area (Å²) in [5, 5.41) is 10.1. The largest absolute Gasteiger partial charge is 0.459 e. The van der Waals surface area contributed by atoms with Crippen molar-refractivity contribution >= 4 is 33.4 Å². The van der Waals surface area contributed by atoms with Crippen molar-refractivity contribution in [2.45, 2.75) is 17.2 Å². The zero-order valence-corrected chi connectivity index (χ0v) is 16.0. The molecule has 3 heterocycles. The van der Waals surface area contributed by atoms with Gasteiger partial charge in [0, 0.05) is 24.9 Å². The summed E-state index contributed by atoms with van der Waals surface area (Å²) in [4.78, 5) is 26.1. The number of nitrogens with one attached hydrogen (secondary N) is 1. The fraction of sp³-hybridized carbons (Fsp3) is 0.222. The van der Waals surface area contributed by atoms with Gasteiger partial charge in [0.25, 0.3) is 5.91 Å². The van der Waals surface area contributed by atoms with Crippen molar-refractivity contribution in [1.29, 1.82) is 0 Å². The normalized spacial score (nSPS) is 16.9. The molecule has 1 fully saturated rings. The van der Waals surface area contributed by atoms with Crippen LogP contribution in [0, 0.1) is 0 Å². The first-order chi connectivity index (χ1) is 13.8. The van der Waals surface area contributed by atoms with E-state index in [2.05, 4.69) is 15.5 Å². The van der Waals surface area contributed by atoms with E-state index in [9.17, 15) is 18.0 Å². The van der Waals surface area contributed by atoms with Crippen LogP contribution in [0.5, 0.6) is 0 Å². The van der Waals surface area contributed by atoms with E-state index in [1.165, 1.54) is 29.4 Å². The minimum absolute atomic E-state index is 0.0928. The van der Waals surface area contributed by atoms with Gasteiger partial charge in [0.15, 0.2) is 15.6 Å². The summed E-state index contributed by atoms with van der Waals surface area (Å²) in [6.07, 6.45) is 2.65. The molecule has 4 rings (SSSR count). The molecule has 1 aliphatic heterocycles. The number of hydrogen-bond donors (Lipinski definition) is 1. The predicted molar refractivity (Wildman–Crippen MR) is 100 cm³/mol. The van der Waals surface area contributed by atoms with Crippen LogP contribution in [0.1, 0.15) is 28.8 Å². The summed E-state index contributed by atoms with van der Waals surface area (Å²) in [6, 6.07) is 9.06. The number of sulfone groups is 1. The predicted octanol–water partition coefficient (Wildman–Crippen LogP) is 1.84. The third-order valence-electron chi connectivity index (χ3n) is 4.46. The second-order valence-electron chi connectivity index (χ2n) is 6.55. The van der Waals surface area contributed by atoms with E-state index >= 15 is 0 Å². The molecule has 0 saturated carbocycles. The maximum atomic E-state index is 12.4. The molecule has 1 aromatic carbocycles. The van der Waals surface area contributed by atoms with Crippen LogP contribution in [0.3, 0.4) is 0 Å². The number of anilines is 2. The molecule has 0 spiro atoms. The molecule has 11 heteroatoms. The summed E-state index contributed by atoms with van der Waals surface area (Å²) in [7, 11) is -3.31. The minimum atomic E-state index is -3.31. The van der Waals surface area contributed by atoms with Crippen molar-refractivity contribution in [2.75, 3.05) is 23.0 Å². The third-order valence-corrected chi connectivity index (χ3v) is 5.59. The van der Waals surface area contributed by atoms with Crippen LogP contribution in [-0.2, 0) is 14.6 Å². The lowest BCUT2D eigenvalue weighted by atomic mass is 10.1. The van der Waals surface area contributed by atoms with Crippen LogP contribution in [0.15, 0.2) is 56.4 Å². The highest BCUT2D eigenvalue weighted by atomic mass is 32.2. The summed E-state index contributed by atoms with van der Waals surface area (Å²) in [6.45, 7) is 0.296. The smallest absolute Gasteiger partial charge is 0.322 e. The Labute approximate surface area is 165 Å². The van der Waals surface area contributed by atoms with Crippen LogP contribution >= 0.6 is 0 Å². The summed E-state index contributed by atoms with van der Waals surface area (Å²) in [5.74, 6) is -0.700. The first-order valence-electron chi connectivity index (χ1n) is 8.60. The van der Waals surface area contributed by atoms with Gasteiger partial charge in [-0.2, -0.15) is 0 Å². The van der Waals surface area contributed by atoms with Crippen molar-refractivity contribution in [2.24, 2.45) is 0 Å². The molecule has 1 unspecified atom stereocenters. The number of amides is 2. The number of nitrogens with zero attached hydrogens (tertiary/aromatic N) is 3. The zero-order valence-electron chi connectivity index (χ0n) is 15.2. The van der Waals surface area contributed by atoms with E-state index in [1.807, 2.05) is 0 Å². The SMILES string of the molecule is CS(=O)(=O)c1ccc(N2CC(c3nnc(NC(=O)c4ccco4)o3)CC2=O)cc1. The maximum Gasteiger partial charge on any atom is 0.322 e. The molecular formula is C18H16N4O6S. The van der Waals surface area contributed by atoms with Crippen molar-refractivity contribution in [3.8, 4) is 0 Å². The quantitative estimate of drug-likeness (QED) is 0.665. The molecule has 1 aliphatic rings. The topological polar surface area (TPSA) is 136 Å². The van der Waals surface area contributed by atoms with Crippen molar-refractivity contribution in [3.05, 3.63) is 54.3 Å². The highest BCUT2D eigenvalue weighted by Crippen LogP contribution is 2.32. The Morgan fingerprint density at radius 3 is 2.62 bits per heavy atom. The average molecular weight is 416 g/mol. The molecule has 2 aromatic heterocycles. The van der Waals surface area contributed by atoms with Crippen LogP contribution < -0.4 is 10.2 Å². The Morgan fingerprint density at radius 1 is 1.21 bits per heavy atom. The van der Waals surface area contributed by atoms with Gasteiger partial charge in [-0.25, -0.2) is 8.42 Å². The lowest BCUT2D eigenvalue weighted by Gasteiger charge is -2.16. The molecule has 0 bridgehead atoms. The number of carbonyl (C=O) groups is 2. The summed E-state index contributed by atoms with van der Waals surface area (Å²) < 4.78 is 33.6. The van der Waals surface area contributed by atoms with Gasteiger partial charge in [-0.15, -0.1) is 5.10 Å². The van der Waals surface area contributed by atoms with Crippen LogP contribution in [0.25, 0.3) is 0 Å². The minimum Gasteiger partial charge on any atom is -0.459 e. The van der Waals surface area contributed by atoms with E-state index < -0.39 is 15.7 Å². The Morgan fingerprint density at radius 2 is 1.97 bits per heavy atom. The summed E-state index contributed by atoms with van der Waals surface area (Å²) in [5.41, 5.74) is 0.579. The fourth-order valence-electron chi connectivity index (χ4n) is 3.01. The number of furan rings is 1. The lowest BCUT2D eigenvalue weighted by molar-refractivity contribution is -0.117. The molecule has 29 heavy (non-hydrogen) atoms. The highest BCUT2D eigenvalue weighted by molar-refractivity contribution is 7.90. The van der Waals surface area contributed by atoms with Crippen LogP contribution in [0.2, 0.25) is 0 Å². The van der Waals surface area contributed by atoms with Gasteiger partial charge in [-0.3, -0.25) is 14.9 Å². The van der Waals surface area contributed by atoms with Gasteiger partial charge in [0.05, 0.1) is 17.1 Å². The standard InChI is InChI=1S/C18H16N4O6S/c1-29(25,26)13-6-4-12(5-7-13)22-10-11(9-15(22)23)17-20-21-18(28-17)19-16(24)14-3-2-8-27-14/h2-8,11H,9-10H2,1H3,(H,19,21,24). The Hall–Kier alpha value is -3.47. The second kappa shape index (κ2) is 7.17. The lowest BCUT2D eigenvalue weighted by Crippen LogP contribution is -2.24. The maximum absolute atomic E-state index is 12.4. The number of rotatable bonds is 5. The van der Waals surface area contributed by atoms with Gasteiger partial charge in [0.2, 0.25) is 11.8 Å². The molecule has 1 atom stereocenters. The van der Waals surface area contributed by atoms with Crippen LogP contribution in [-0.4, -0.2) is 43.2 Å². The summed E-state index contributed by atoms with van der Waals surface area (Å²) >= 11 is 0. The molecular weight excluding hydrogens is 400 g/mol. The average Bonchev–Trinajstić information content (AvgIpc) is 3.41.